The predicted molar refractivity (Wildman–Crippen MR) is 212 cm³/mol. The lowest BCUT2D eigenvalue weighted by Gasteiger charge is -2.11. The molecule has 0 saturated carbocycles. The van der Waals surface area contributed by atoms with Gasteiger partial charge in [0.15, 0.2) is 0 Å². The van der Waals surface area contributed by atoms with Crippen LogP contribution in [0, 0.1) is 0 Å². The molecule has 4 heterocycles. The molecule has 0 amide bonds. The molecule has 0 N–H and O–H groups in total. The summed E-state index contributed by atoms with van der Waals surface area (Å²) in [6.45, 7) is 0.783. The number of nitrogens with zero attached hydrogens (tertiary/aromatic N) is 4. The van der Waals surface area contributed by atoms with Crippen molar-refractivity contribution in [3.63, 3.8) is 0 Å². The molecule has 4 heteroatoms. The molecule has 0 radical (unpaired) electrons. The van der Waals surface area contributed by atoms with Gasteiger partial charge in [0.05, 0.1) is 23.1 Å². The number of hydrogen-bond donors (Lipinski definition) is 0. The normalized spacial score (nSPS) is 12.4. The van der Waals surface area contributed by atoms with E-state index in [1.807, 2.05) is 0 Å². The van der Waals surface area contributed by atoms with Crippen LogP contribution in [0.25, 0.3) is 98.4 Å². The van der Waals surface area contributed by atoms with Crippen molar-refractivity contribution in [2.45, 2.75) is 6.54 Å². The minimum absolute atomic E-state index is 0.783. The number of aryl methyl sites for hydroxylation is 3. The van der Waals surface area contributed by atoms with Gasteiger partial charge in [-0.15, -0.1) is 0 Å². The van der Waals surface area contributed by atoms with Crippen molar-refractivity contribution >= 4 is 87.2 Å². The van der Waals surface area contributed by atoms with E-state index in [0.717, 1.165) is 6.54 Å². The van der Waals surface area contributed by atoms with E-state index in [1.165, 1.54) is 104 Å². The second-order valence-electron chi connectivity index (χ2n) is 13.9. The van der Waals surface area contributed by atoms with E-state index < -0.39 is 0 Å². The van der Waals surface area contributed by atoms with E-state index in [4.69, 9.17) is 0 Å². The fourth-order valence-corrected chi connectivity index (χ4v) is 9.17. The molecule has 0 fully saturated rings. The number of benzene rings is 7. The number of fused-ring (bicyclic) bond motifs is 13. The monoisotopic (exact) mass is 642 g/mol. The maximum absolute atomic E-state index is 2.52. The largest absolute Gasteiger partial charge is 0.344 e. The van der Waals surface area contributed by atoms with Crippen molar-refractivity contribution < 1.29 is 0 Å². The Morgan fingerprint density at radius 3 is 1.52 bits per heavy atom. The molecule has 0 atom stereocenters. The van der Waals surface area contributed by atoms with Crippen LogP contribution in [0.5, 0.6) is 0 Å². The van der Waals surface area contributed by atoms with Crippen molar-refractivity contribution in [2.75, 3.05) is 0 Å². The third kappa shape index (κ3) is 3.55. The Kier molecular flexibility index (Phi) is 5.48. The van der Waals surface area contributed by atoms with Crippen molar-refractivity contribution in [3.05, 3.63) is 145 Å². The van der Waals surface area contributed by atoms with Gasteiger partial charge in [-0.2, -0.15) is 0 Å². The van der Waals surface area contributed by atoms with Crippen LogP contribution >= 0.6 is 0 Å². The van der Waals surface area contributed by atoms with Gasteiger partial charge in [0.25, 0.3) is 0 Å². The second kappa shape index (κ2) is 9.90. The molecule has 0 aliphatic rings. The topological polar surface area (TPSA) is 19.7 Å². The van der Waals surface area contributed by atoms with Crippen LogP contribution in [0.4, 0.5) is 0 Å². The van der Waals surface area contributed by atoms with Crippen molar-refractivity contribution in [1.82, 2.24) is 18.3 Å². The number of aromatic nitrogens is 4. The Balaban J connectivity index is 1.10. The first-order chi connectivity index (χ1) is 24.6. The van der Waals surface area contributed by atoms with Gasteiger partial charge in [0.2, 0.25) is 0 Å². The van der Waals surface area contributed by atoms with E-state index in [9.17, 15) is 0 Å². The minimum Gasteiger partial charge on any atom is -0.344 e. The quantitative estimate of drug-likeness (QED) is 0.183. The SMILES string of the molecule is Cn1c2ccccc2c2cc(-c3ccc4c(c3)c3ccccc3n4Cc3cccc4c5ccc6c7ccccc7n(C)c6c5n(C)c34)ccc21. The summed E-state index contributed by atoms with van der Waals surface area (Å²) in [5.74, 6) is 0. The van der Waals surface area contributed by atoms with Gasteiger partial charge < -0.3 is 18.3 Å². The first kappa shape index (κ1) is 27.7. The molecule has 50 heavy (non-hydrogen) atoms. The van der Waals surface area contributed by atoms with Crippen LogP contribution < -0.4 is 0 Å². The third-order valence-corrected chi connectivity index (χ3v) is 11.5. The number of rotatable bonds is 3. The molecule has 0 bridgehead atoms. The standard InChI is InChI=1S/C46H34N4/c1-47-39-16-7-5-13-32(39)37-25-28(19-23-41(37)47)29-20-24-43-38(26-29)33-14-6-9-18-42(33)50(43)27-30-11-10-15-34-36-22-21-35-31-12-4-8-17-40(31)48(2)45(35)46(36)49(3)44(30)34/h4-26H,27H2,1-3H3. The molecule has 7 aromatic carbocycles. The lowest BCUT2D eigenvalue weighted by molar-refractivity contribution is 0.865. The van der Waals surface area contributed by atoms with E-state index in [-0.39, 0.29) is 0 Å². The van der Waals surface area contributed by atoms with E-state index in [0.29, 0.717) is 0 Å². The minimum atomic E-state index is 0.783. The highest BCUT2D eigenvalue weighted by molar-refractivity contribution is 6.23. The van der Waals surface area contributed by atoms with Crippen LogP contribution in [0.15, 0.2) is 140 Å². The molecular formula is C46H34N4. The smallest absolute Gasteiger partial charge is 0.0736 e. The molecule has 238 valence electrons. The molecule has 0 spiro atoms. The van der Waals surface area contributed by atoms with Gasteiger partial charge in [0.1, 0.15) is 0 Å². The lowest BCUT2D eigenvalue weighted by Crippen LogP contribution is -2.02. The highest BCUT2D eigenvalue weighted by Gasteiger charge is 2.20. The lowest BCUT2D eigenvalue weighted by atomic mass is 10.0. The molecule has 0 aliphatic heterocycles. The summed E-state index contributed by atoms with van der Waals surface area (Å²) in [4.78, 5) is 0. The highest BCUT2D eigenvalue weighted by Crippen LogP contribution is 2.40. The van der Waals surface area contributed by atoms with Gasteiger partial charge >= 0.3 is 0 Å². The van der Waals surface area contributed by atoms with Gasteiger partial charge in [-0.3, -0.25) is 0 Å². The Labute approximate surface area is 288 Å². The zero-order chi connectivity index (χ0) is 33.2. The molecule has 11 rings (SSSR count). The van der Waals surface area contributed by atoms with Crippen molar-refractivity contribution in [3.8, 4) is 11.1 Å². The van der Waals surface area contributed by atoms with Gasteiger partial charge in [-0.1, -0.05) is 97.1 Å². The maximum atomic E-state index is 2.52. The molecule has 0 aliphatic carbocycles. The van der Waals surface area contributed by atoms with E-state index >= 15 is 0 Å². The second-order valence-corrected chi connectivity index (χ2v) is 13.9. The fourth-order valence-electron chi connectivity index (χ4n) is 9.17. The Morgan fingerprint density at radius 2 is 0.800 bits per heavy atom. The molecule has 4 aromatic heterocycles. The zero-order valence-corrected chi connectivity index (χ0v) is 28.3. The summed E-state index contributed by atoms with van der Waals surface area (Å²) >= 11 is 0. The Bertz CT molecular complexity index is 3210. The first-order valence-electron chi connectivity index (χ1n) is 17.4. The summed E-state index contributed by atoms with van der Waals surface area (Å²) in [7, 11) is 6.61. The zero-order valence-electron chi connectivity index (χ0n) is 28.3. The Morgan fingerprint density at radius 1 is 0.340 bits per heavy atom. The molecule has 4 nitrogen and oxygen atoms in total. The van der Waals surface area contributed by atoms with Crippen molar-refractivity contribution in [1.29, 1.82) is 0 Å². The van der Waals surface area contributed by atoms with Crippen LogP contribution in [0.1, 0.15) is 5.56 Å². The fraction of sp³-hybridized carbons (Fsp3) is 0.0870. The average molecular weight is 643 g/mol. The number of hydrogen-bond acceptors (Lipinski definition) is 0. The van der Waals surface area contributed by atoms with Crippen molar-refractivity contribution in [2.24, 2.45) is 21.1 Å². The number of para-hydroxylation sites is 4. The maximum Gasteiger partial charge on any atom is 0.0736 e. The van der Waals surface area contributed by atoms with Crippen LogP contribution in [-0.2, 0) is 27.7 Å². The summed E-state index contributed by atoms with van der Waals surface area (Å²) in [6, 6.07) is 51.8. The van der Waals surface area contributed by atoms with Crippen LogP contribution in [-0.4, -0.2) is 18.3 Å². The summed E-state index contributed by atoms with van der Waals surface area (Å²) < 4.78 is 9.62. The predicted octanol–water partition coefficient (Wildman–Crippen LogP) is 11.4. The summed E-state index contributed by atoms with van der Waals surface area (Å²) in [5, 5.41) is 10.4. The molecule has 11 aromatic rings. The Hall–Kier alpha value is -6.26. The molecular weight excluding hydrogens is 609 g/mol. The first-order valence-corrected chi connectivity index (χ1v) is 17.4. The molecule has 0 unspecified atom stereocenters. The summed E-state index contributed by atoms with van der Waals surface area (Å²) in [5.41, 5.74) is 14.0. The van der Waals surface area contributed by atoms with Gasteiger partial charge in [-0.05, 0) is 59.2 Å². The average Bonchev–Trinajstić information content (AvgIpc) is 3.84. The van der Waals surface area contributed by atoms with Crippen LogP contribution in [0.2, 0.25) is 0 Å². The van der Waals surface area contributed by atoms with Crippen LogP contribution in [0.3, 0.4) is 0 Å². The summed E-state index contributed by atoms with van der Waals surface area (Å²) in [6.07, 6.45) is 0. The highest BCUT2D eigenvalue weighted by atomic mass is 15.0. The third-order valence-electron chi connectivity index (χ3n) is 11.5. The van der Waals surface area contributed by atoms with Gasteiger partial charge in [0, 0.05) is 91.8 Å². The van der Waals surface area contributed by atoms with E-state index in [2.05, 4.69) is 179 Å². The van der Waals surface area contributed by atoms with Gasteiger partial charge in [-0.25, -0.2) is 0 Å². The van der Waals surface area contributed by atoms with E-state index in [1.54, 1.807) is 0 Å². The molecule has 0 saturated heterocycles.